The molecule has 16 heteroatoms. The molecule has 2 unspecified atom stereocenters. The maximum Gasteiger partial charge on any atom is 0.472 e. The molecule has 0 aliphatic rings. The third kappa shape index (κ3) is 11.1. The smallest absolute Gasteiger partial charge is 0.472 e. The molecule has 2 aromatic rings. The van der Waals surface area contributed by atoms with Crippen molar-refractivity contribution in [3.8, 4) is 34.5 Å². The van der Waals surface area contributed by atoms with Gasteiger partial charge in [0.2, 0.25) is 11.5 Å². The van der Waals surface area contributed by atoms with Gasteiger partial charge in [-0.05, 0) is 47.5 Å². The van der Waals surface area contributed by atoms with Gasteiger partial charge < -0.3 is 49.3 Å². The Morgan fingerprint density at radius 1 is 0.791 bits per heavy atom. The number of phenolic OH excluding ortho intramolecular Hbond substituents is 2. The lowest BCUT2D eigenvalue weighted by atomic mass is 10.1. The van der Waals surface area contributed by atoms with Gasteiger partial charge in [-0.1, -0.05) is 0 Å². The summed E-state index contributed by atoms with van der Waals surface area (Å²) in [6.07, 6.45) is 3.43. The Morgan fingerprint density at radius 3 is 1.65 bits per heavy atom. The van der Waals surface area contributed by atoms with E-state index in [9.17, 15) is 29.3 Å². The Morgan fingerprint density at radius 2 is 1.23 bits per heavy atom. The summed E-state index contributed by atoms with van der Waals surface area (Å²) in [6.45, 7) is -1.56. The molecule has 0 radical (unpaired) electrons. The van der Waals surface area contributed by atoms with Crippen LogP contribution in [0.4, 0.5) is 0 Å². The molecule has 2 aromatic carbocycles. The van der Waals surface area contributed by atoms with Crippen molar-refractivity contribution in [1.82, 2.24) is 0 Å². The Labute approximate surface area is 247 Å². The zero-order valence-electron chi connectivity index (χ0n) is 23.9. The summed E-state index contributed by atoms with van der Waals surface area (Å²) in [5, 5.41) is 20.1. The van der Waals surface area contributed by atoms with Crippen LogP contribution in [0.25, 0.3) is 12.2 Å². The summed E-state index contributed by atoms with van der Waals surface area (Å²) in [6, 6.07) is 5.77. The fraction of sp³-hybridized carbons (Fsp3) is 0.333. The molecule has 2 atom stereocenters. The molecule has 0 bridgehead atoms. The largest absolute Gasteiger partial charge is 0.502 e. The number of phenols is 2. The first kappa shape index (κ1) is 34.9. The van der Waals surface area contributed by atoms with Gasteiger partial charge in [0, 0.05) is 18.7 Å². The molecular weight excluding hydrogens is 593 g/mol. The summed E-state index contributed by atoms with van der Waals surface area (Å²) < 4.78 is 52.3. The van der Waals surface area contributed by atoms with Crippen molar-refractivity contribution in [3.05, 3.63) is 47.5 Å². The third-order valence-electron chi connectivity index (χ3n) is 5.32. The number of hydrogen-bond donors (Lipinski definition) is 4. The van der Waals surface area contributed by atoms with Crippen molar-refractivity contribution in [2.24, 2.45) is 5.73 Å². The number of esters is 2. The van der Waals surface area contributed by atoms with Gasteiger partial charge in [-0.2, -0.15) is 0 Å². The predicted octanol–water partition coefficient (Wildman–Crippen LogP) is 2.41. The van der Waals surface area contributed by atoms with Gasteiger partial charge in [0.1, 0.15) is 6.61 Å². The molecule has 0 heterocycles. The monoisotopic (exact) mass is 627 g/mol. The number of ether oxygens (including phenoxy) is 6. The molecule has 0 amide bonds. The van der Waals surface area contributed by atoms with E-state index in [1.165, 1.54) is 64.9 Å². The molecule has 43 heavy (non-hydrogen) atoms. The summed E-state index contributed by atoms with van der Waals surface area (Å²) in [7, 11) is 0.822. The molecule has 2 rings (SSSR count). The molecule has 0 fully saturated rings. The standard InChI is InChI=1S/C27H34NO14P/c1-35-20-11-17(12-21(36-2)26(20)31)5-7-24(29)39-15-19(16-41-43(33,34)40-10-9-28)42-25(30)8-6-18-13-22(37-3)27(32)23(14-18)38-4/h5-8,11-14,19,31-32H,9-10,15-16,28H2,1-4H3,(H,33,34)/b7-5+,8-6+. The van der Waals surface area contributed by atoms with Gasteiger partial charge in [0.25, 0.3) is 0 Å². The van der Waals surface area contributed by atoms with Crippen LogP contribution in [0.3, 0.4) is 0 Å². The van der Waals surface area contributed by atoms with E-state index in [1.807, 2.05) is 0 Å². The van der Waals surface area contributed by atoms with Gasteiger partial charge in [-0.25, -0.2) is 14.2 Å². The first-order chi connectivity index (χ1) is 20.5. The number of rotatable bonds is 17. The van der Waals surface area contributed by atoms with E-state index in [1.54, 1.807) is 0 Å². The maximum atomic E-state index is 12.5. The number of methoxy groups -OCH3 is 4. The summed E-state index contributed by atoms with van der Waals surface area (Å²) >= 11 is 0. The highest BCUT2D eigenvalue weighted by molar-refractivity contribution is 7.47. The van der Waals surface area contributed by atoms with Crippen molar-refractivity contribution < 1.29 is 66.7 Å². The zero-order chi connectivity index (χ0) is 32.0. The first-order valence-electron chi connectivity index (χ1n) is 12.4. The van der Waals surface area contributed by atoms with E-state index in [0.717, 1.165) is 12.2 Å². The lowest BCUT2D eigenvalue weighted by Gasteiger charge is -2.18. The highest BCUT2D eigenvalue weighted by Crippen LogP contribution is 2.43. The number of aromatic hydroxyl groups is 2. The van der Waals surface area contributed by atoms with Crippen LogP contribution < -0.4 is 24.7 Å². The summed E-state index contributed by atoms with van der Waals surface area (Å²) in [5.74, 6) is -1.82. The summed E-state index contributed by atoms with van der Waals surface area (Å²) in [5.41, 5.74) is 6.10. The Hall–Kier alpha value is -4.27. The number of carbonyl (C=O) groups excluding carboxylic acids is 2. The number of phosphoric acid groups is 1. The molecular formula is C27H34NO14P. The van der Waals surface area contributed by atoms with Crippen LogP contribution >= 0.6 is 7.82 Å². The summed E-state index contributed by atoms with van der Waals surface area (Å²) in [4.78, 5) is 34.7. The van der Waals surface area contributed by atoms with Crippen LogP contribution in [0.15, 0.2) is 36.4 Å². The van der Waals surface area contributed by atoms with Crippen molar-refractivity contribution in [3.63, 3.8) is 0 Å². The van der Waals surface area contributed by atoms with E-state index >= 15 is 0 Å². The topological polar surface area (TPSA) is 212 Å². The lowest BCUT2D eigenvalue weighted by molar-refractivity contribution is -0.154. The van der Waals surface area contributed by atoms with Crippen LogP contribution in [0.1, 0.15) is 11.1 Å². The molecule has 236 valence electrons. The minimum absolute atomic E-state index is 0.0489. The van der Waals surface area contributed by atoms with E-state index < -0.39 is 39.1 Å². The van der Waals surface area contributed by atoms with Gasteiger partial charge in [0.15, 0.2) is 29.1 Å². The SMILES string of the molecule is COc1cc(/C=C/C(=O)OCC(COP(=O)(O)OCCN)OC(=O)/C=C/c2cc(OC)c(O)c(OC)c2)cc(OC)c1O. The van der Waals surface area contributed by atoms with E-state index in [2.05, 4.69) is 4.52 Å². The van der Waals surface area contributed by atoms with Crippen molar-refractivity contribution in [2.75, 3.05) is 54.8 Å². The lowest BCUT2D eigenvalue weighted by Crippen LogP contribution is -2.28. The van der Waals surface area contributed by atoms with E-state index in [0.29, 0.717) is 11.1 Å². The third-order valence-corrected chi connectivity index (χ3v) is 6.30. The minimum atomic E-state index is -4.55. The van der Waals surface area contributed by atoms with Crippen LogP contribution in [-0.2, 0) is 32.7 Å². The number of carbonyl (C=O) groups is 2. The van der Waals surface area contributed by atoms with Crippen LogP contribution in [0, 0.1) is 0 Å². The highest BCUT2D eigenvalue weighted by atomic mass is 31.2. The second kappa shape index (κ2) is 17.0. The van der Waals surface area contributed by atoms with Gasteiger partial charge in [0.05, 0.1) is 41.7 Å². The van der Waals surface area contributed by atoms with E-state index in [4.69, 9.17) is 38.7 Å². The minimum Gasteiger partial charge on any atom is -0.502 e. The van der Waals surface area contributed by atoms with Crippen LogP contribution in [0.5, 0.6) is 34.5 Å². The Balaban J connectivity index is 2.14. The van der Waals surface area contributed by atoms with E-state index in [-0.39, 0.29) is 47.6 Å². The number of benzene rings is 2. The zero-order valence-corrected chi connectivity index (χ0v) is 24.8. The fourth-order valence-electron chi connectivity index (χ4n) is 3.27. The molecule has 0 aromatic heterocycles. The highest BCUT2D eigenvalue weighted by Gasteiger charge is 2.25. The molecule has 0 saturated heterocycles. The quantitative estimate of drug-likeness (QED) is 0.113. The molecule has 15 nitrogen and oxygen atoms in total. The van der Waals surface area contributed by atoms with Gasteiger partial charge >= 0.3 is 19.8 Å². The number of phosphoric ester groups is 1. The second-order valence-corrected chi connectivity index (χ2v) is 9.74. The van der Waals surface area contributed by atoms with Gasteiger partial charge in [-0.3, -0.25) is 9.05 Å². The molecule has 0 spiro atoms. The van der Waals surface area contributed by atoms with Crippen LogP contribution in [-0.4, -0.2) is 88.0 Å². The molecule has 0 saturated carbocycles. The second-order valence-electron chi connectivity index (χ2n) is 8.29. The van der Waals surface area contributed by atoms with Crippen molar-refractivity contribution in [2.45, 2.75) is 6.10 Å². The Kier molecular flexibility index (Phi) is 13.8. The maximum absolute atomic E-state index is 12.5. The molecule has 0 aliphatic heterocycles. The fourth-order valence-corrected chi connectivity index (χ4v) is 4.04. The predicted molar refractivity (Wildman–Crippen MR) is 152 cm³/mol. The van der Waals surface area contributed by atoms with Gasteiger partial charge in [-0.15, -0.1) is 0 Å². The number of nitrogens with two attached hydrogens (primary N) is 1. The Bertz CT molecular complexity index is 1310. The molecule has 0 aliphatic carbocycles. The number of hydrogen-bond acceptors (Lipinski definition) is 14. The molecule has 5 N–H and O–H groups in total. The van der Waals surface area contributed by atoms with Crippen LogP contribution in [0.2, 0.25) is 0 Å². The normalized spacial score (nSPS) is 13.3. The average Bonchev–Trinajstić information content (AvgIpc) is 3.00. The van der Waals surface area contributed by atoms with Crippen molar-refractivity contribution in [1.29, 1.82) is 0 Å². The first-order valence-corrected chi connectivity index (χ1v) is 13.9. The average molecular weight is 628 g/mol. The van der Waals surface area contributed by atoms with Crippen molar-refractivity contribution >= 4 is 31.9 Å².